The average Bonchev–Trinajstić information content (AvgIpc) is 3.14. The Morgan fingerprint density at radius 2 is 0.879 bits per heavy atom. The Morgan fingerprint density at radius 3 is 1.18 bits per heavy atom. The summed E-state index contributed by atoms with van der Waals surface area (Å²) in [5.74, 6) is -3.85. The van der Waals surface area contributed by atoms with Gasteiger partial charge in [0.2, 0.25) is 0 Å². The minimum atomic E-state index is -5.20. The molecule has 0 bridgehead atoms. The van der Waals surface area contributed by atoms with E-state index in [-0.39, 0.29) is 174 Å². The van der Waals surface area contributed by atoms with Crippen LogP contribution in [0.15, 0.2) is 102 Å². The van der Waals surface area contributed by atoms with Crippen molar-refractivity contribution in [3.63, 3.8) is 0 Å². The van der Waals surface area contributed by atoms with Gasteiger partial charge in [0.05, 0.1) is 21.2 Å². The number of carbonyl (C=O) groups excluding carboxylic acids is 3. The largest absolute Gasteiger partial charge is 1.00 e. The van der Waals surface area contributed by atoms with E-state index in [4.69, 9.17) is 0 Å². The van der Waals surface area contributed by atoms with E-state index in [9.17, 15) is 76.5 Å². The Bertz CT molecular complexity index is 3090. The number of aliphatic imine (C=N–C) groups is 2. The predicted octanol–water partition coefficient (Wildman–Crippen LogP) is -9.59. The molecule has 4 N–H and O–H groups in total. The Labute approximate surface area is 465 Å². The molecule has 0 fully saturated rings. The minimum Gasteiger partial charge on any atom is -0.744 e. The molecule has 4 aromatic carbocycles. The molecule has 0 aliphatic heterocycles. The van der Waals surface area contributed by atoms with Crippen molar-refractivity contribution in [3.8, 4) is 11.5 Å². The molecule has 2 aliphatic carbocycles. The van der Waals surface area contributed by atoms with Crippen LogP contribution in [-0.4, -0.2) is 91.4 Å². The number of phenols is 2. The summed E-state index contributed by atoms with van der Waals surface area (Å²) in [6.45, 7) is 2.79. The van der Waals surface area contributed by atoms with E-state index < -0.39 is 114 Å². The maximum absolute atomic E-state index is 13.5. The van der Waals surface area contributed by atoms with Crippen molar-refractivity contribution in [1.82, 2.24) is 0 Å². The van der Waals surface area contributed by atoms with Gasteiger partial charge in [0.15, 0.2) is 0 Å². The summed E-state index contributed by atoms with van der Waals surface area (Å²) in [5.41, 5.74) is -2.43. The number of hydrogen-bond donors (Lipinski definition) is 4. The fourth-order valence-electron chi connectivity index (χ4n) is 6.52. The van der Waals surface area contributed by atoms with Crippen LogP contribution in [0, 0.1) is 13.8 Å². The van der Waals surface area contributed by atoms with E-state index in [1.165, 1.54) is 50.2 Å². The number of nitrogens with one attached hydrogen (secondary N) is 2. The van der Waals surface area contributed by atoms with Crippen LogP contribution < -0.4 is 129 Å². The summed E-state index contributed by atoms with van der Waals surface area (Å²) in [5, 5.41) is 26.3. The molecular formula is C37H26N4Na4O17S4. The van der Waals surface area contributed by atoms with Crippen LogP contribution in [-0.2, 0) is 53.3 Å². The number of rotatable bonds is 8. The van der Waals surface area contributed by atoms with Gasteiger partial charge in [-0.25, -0.2) is 48.5 Å². The van der Waals surface area contributed by atoms with Crippen molar-refractivity contribution < 1.29 is 195 Å². The Kier molecular flexibility index (Phi) is 20.4. The molecule has 324 valence electrons. The maximum atomic E-state index is 13.5. The maximum Gasteiger partial charge on any atom is 1.00 e. The SMILES string of the molecule is Cc1c(NC(=O)Nc2cccc(C(=O)N=C3C=C(S(=O)(=O)[O-])Cc4cc(S(=O)(=O)[O-])cc(O)c43)c2C)cccc1C(=O)N=C1C=C(S(=O)(=O)[O-])Cc2cc(S(=O)(=O)[O-])cc(O)c21.[Na+].[Na+].[Na+].[Na+]. The molecule has 4 amide bonds. The summed E-state index contributed by atoms with van der Waals surface area (Å²) >= 11 is 0. The molecule has 29 heteroatoms. The Hall–Kier alpha value is -2.45. The van der Waals surface area contributed by atoms with Crippen LogP contribution >= 0.6 is 0 Å². The van der Waals surface area contributed by atoms with Crippen LogP contribution in [0.5, 0.6) is 11.5 Å². The number of hydrogen-bond acceptors (Lipinski definition) is 17. The molecule has 0 heterocycles. The molecular weight excluding hydrogens is 993 g/mol. The molecule has 4 aromatic rings. The smallest absolute Gasteiger partial charge is 0.744 e. The van der Waals surface area contributed by atoms with Gasteiger partial charge in [-0.15, -0.1) is 0 Å². The number of aromatic hydroxyl groups is 2. The molecule has 0 saturated heterocycles. The first kappa shape index (κ1) is 59.7. The quantitative estimate of drug-likeness (QED) is 0.0940. The van der Waals surface area contributed by atoms with Gasteiger partial charge in [-0.1, -0.05) is 12.1 Å². The number of amides is 4. The van der Waals surface area contributed by atoms with E-state index in [0.29, 0.717) is 24.3 Å². The molecule has 66 heavy (non-hydrogen) atoms. The van der Waals surface area contributed by atoms with Gasteiger partial charge in [-0.2, -0.15) is 0 Å². The van der Waals surface area contributed by atoms with Gasteiger partial charge in [0.1, 0.15) is 52.0 Å². The van der Waals surface area contributed by atoms with E-state index in [1.807, 2.05) is 0 Å². The number of nitrogens with zero attached hydrogens (tertiary/aromatic N) is 2. The van der Waals surface area contributed by atoms with Crippen LogP contribution in [0.25, 0.3) is 0 Å². The third-order valence-electron chi connectivity index (χ3n) is 9.47. The van der Waals surface area contributed by atoms with Crippen molar-refractivity contribution in [2.24, 2.45) is 9.98 Å². The van der Waals surface area contributed by atoms with Gasteiger partial charge in [0, 0.05) is 56.3 Å². The first-order valence-corrected chi connectivity index (χ1v) is 22.8. The zero-order chi connectivity index (χ0) is 45.9. The summed E-state index contributed by atoms with van der Waals surface area (Å²) < 4.78 is 141. The van der Waals surface area contributed by atoms with E-state index >= 15 is 0 Å². The van der Waals surface area contributed by atoms with E-state index in [1.54, 1.807) is 0 Å². The molecule has 0 atom stereocenters. The zero-order valence-corrected chi connectivity index (χ0v) is 46.7. The van der Waals surface area contributed by atoms with Crippen LogP contribution in [0.2, 0.25) is 0 Å². The number of fused-ring (bicyclic) bond motifs is 2. The second kappa shape index (κ2) is 22.5. The zero-order valence-electron chi connectivity index (χ0n) is 35.4. The topological polar surface area (TPSA) is 369 Å². The number of allylic oxidation sites excluding steroid dienone is 4. The normalized spacial score (nSPS) is 14.6. The molecule has 2 aliphatic rings. The third-order valence-corrected chi connectivity index (χ3v) is 12.9. The number of carbonyl (C=O) groups is 3. The fraction of sp³-hybridized carbons (Fsp3) is 0.108. The monoisotopic (exact) mass is 1020 g/mol. The van der Waals surface area contributed by atoms with Crippen molar-refractivity contribution >= 4 is 81.1 Å². The summed E-state index contributed by atoms with van der Waals surface area (Å²) in [6, 6.07) is 9.70. The fourth-order valence-corrected chi connectivity index (χ4v) is 8.78. The molecule has 0 saturated carbocycles. The van der Waals surface area contributed by atoms with Crippen LogP contribution in [0.4, 0.5) is 16.2 Å². The van der Waals surface area contributed by atoms with E-state index in [0.717, 1.165) is 12.1 Å². The third kappa shape index (κ3) is 13.4. The van der Waals surface area contributed by atoms with E-state index in [2.05, 4.69) is 20.6 Å². The average molecular weight is 1020 g/mol. The van der Waals surface area contributed by atoms with Crippen molar-refractivity contribution in [2.75, 3.05) is 10.6 Å². The van der Waals surface area contributed by atoms with Gasteiger partial charge >= 0.3 is 124 Å². The van der Waals surface area contributed by atoms with Crippen LogP contribution in [0.3, 0.4) is 0 Å². The summed E-state index contributed by atoms with van der Waals surface area (Å²) in [6.07, 6.45) is -0.0169. The second-order valence-electron chi connectivity index (χ2n) is 13.5. The minimum absolute atomic E-state index is 0. The number of anilines is 2. The molecule has 21 nitrogen and oxygen atoms in total. The molecule has 0 spiro atoms. The van der Waals surface area contributed by atoms with Gasteiger partial charge < -0.3 is 39.1 Å². The molecule has 0 unspecified atom stereocenters. The van der Waals surface area contributed by atoms with Crippen LogP contribution in [0.1, 0.15) is 54.1 Å². The van der Waals surface area contributed by atoms with Gasteiger partial charge in [-0.3, -0.25) is 9.59 Å². The van der Waals surface area contributed by atoms with Gasteiger partial charge in [0.25, 0.3) is 11.8 Å². The molecule has 0 aromatic heterocycles. The van der Waals surface area contributed by atoms with Crippen molar-refractivity contribution in [3.05, 3.63) is 127 Å². The first-order chi connectivity index (χ1) is 28.6. The molecule has 0 radical (unpaired) electrons. The van der Waals surface area contributed by atoms with Gasteiger partial charge in [-0.05, 0) is 96.8 Å². The first-order valence-electron chi connectivity index (χ1n) is 17.1. The predicted molar refractivity (Wildman–Crippen MR) is 212 cm³/mol. The molecule has 6 rings (SSSR count). The standard InChI is InChI=1S/C37H30N4O17S4.4Na/c1-17-25(35(44)38-29-13-21(59(47,48)49)9-19-11-23(61(53,54)55)15-31(42)33(19)29)5-3-7-27(17)40-37(46)41-28-8-4-6-26(18(28)2)36(45)39-30-14-22(60(50,51)52)10-20-12-24(62(56,57)58)16-32(43)34(20)30;;;;/h3-8,11-16,42-43H,9-10H2,1-2H3,(H2,40,41,46)(H,47,48,49)(H,50,51,52)(H,53,54,55)(H,56,57,58);;;;/q;4*+1/p-4. The second-order valence-corrected chi connectivity index (χ2v) is 19.1. The number of urea groups is 1. The number of phenolic OH excluding ortho intramolecular Hbond substituents is 2. The Morgan fingerprint density at radius 1 is 0.545 bits per heavy atom. The number of benzene rings is 4. The Balaban J connectivity index is 0.00000374. The van der Waals surface area contributed by atoms with Crippen molar-refractivity contribution in [2.45, 2.75) is 36.5 Å². The summed E-state index contributed by atoms with van der Waals surface area (Å²) in [4.78, 5) is 44.5. The summed E-state index contributed by atoms with van der Waals surface area (Å²) in [7, 11) is -20.7. The van der Waals surface area contributed by atoms with Crippen molar-refractivity contribution in [1.29, 1.82) is 0 Å².